The van der Waals surface area contributed by atoms with Gasteiger partial charge >= 0.3 is 0 Å². The van der Waals surface area contributed by atoms with Crippen molar-refractivity contribution >= 4 is 22.8 Å². The van der Waals surface area contributed by atoms with Crippen molar-refractivity contribution in [3.05, 3.63) is 48.0 Å². The fourth-order valence-electron chi connectivity index (χ4n) is 2.05. The summed E-state index contributed by atoms with van der Waals surface area (Å²) < 4.78 is 1.88. The Hall–Kier alpha value is -2.96. The minimum atomic E-state index is 0.0499. The Kier molecular flexibility index (Phi) is 2.79. The second-order valence-electron chi connectivity index (χ2n) is 4.42. The van der Waals surface area contributed by atoms with Gasteiger partial charge in [0.25, 0.3) is 0 Å². The molecule has 0 saturated heterocycles. The Labute approximate surface area is 114 Å². The van der Waals surface area contributed by atoms with E-state index in [0.29, 0.717) is 29.1 Å². The van der Waals surface area contributed by atoms with E-state index in [9.17, 15) is 0 Å². The van der Waals surface area contributed by atoms with Crippen LogP contribution in [0.5, 0.6) is 0 Å². The van der Waals surface area contributed by atoms with Crippen molar-refractivity contribution in [1.29, 1.82) is 5.41 Å². The summed E-state index contributed by atoms with van der Waals surface area (Å²) in [6.07, 6.45) is 3.10. The molecule has 0 aliphatic heterocycles. The fraction of sp³-hybridized carbons (Fsp3) is 0.0769. The molecule has 0 atom stereocenters. The van der Waals surface area contributed by atoms with Gasteiger partial charge in [0.05, 0.1) is 12.9 Å². The number of imidazole rings is 1. The Morgan fingerprint density at radius 1 is 1.25 bits per heavy atom. The Bertz CT molecular complexity index is 790. The highest BCUT2D eigenvalue weighted by molar-refractivity contribution is 5.95. The summed E-state index contributed by atoms with van der Waals surface area (Å²) in [5, 5.41) is 7.46. The monoisotopic (exact) mass is 267 g/mol. The molecule has 7 heteroatoms. The van der Waals surface area contributed by atoms with Crippen molar-refractivity contribution in [1.82, 2.24) is 19.5 Å². The van der Waals surface area contributed by atoms with Gasteiger partial charge in [-0.05, 0) is 11.6 Å². The van der Waals surface area contributed by atoms with Gasteiger partial charge in [0, 0.05) is 5.56 Å². The van der Waals surface area contributed by atoms with Crippen molar-refractivity contribution in [3.8, 4) is 0 Å². The van der Waals surface area contributed by atoms with Crippen molar-refractivity contribution < 1.29 is 0 Å². The molecule has 0 saturated carbocycles. The maximum atomic E-state index is 7.46. The summed E-state index contributed by atoms with van der Waals surface area (Å²) in [4.78, 5) is 12.3. The van der Waals surface area contributed by atoms with E-state index in [1.165, 1.54) is 6.33 Å². The van der Waals surface area contributed by atoms with Gasteiger partial charge in [0.1, 0.15) is 17.7 Å². The van der Waals surface area contributed by atoms with Crippen molar-refractivity contribution in [2.24, 2.45) is 5.73 Å². The Morgan fingerprint density at radius 2 is 2.10 bits per heavy atom. The lowest BCUT2D eigenvalue weighted by Crippen LogP contribution is -2.11. The number of nitrogen functional groups attached to an aromatic ring is 2. The van der Waals surface area contributed by atoms with E-state index < -0.39 is 0 Å². The predicted octanol–water partition coefficient (Wildman–Crippen LogP) is 0.741. The standard InChI is InChI=1S/C13H13N7/c14-11(15)9-3-1-2-8(4-9)5-20-7-19-10-12(16)17-6-18-13(10)20/h1-4,6-7H,5H2,(H3,14,15)(H2,16,17,18). The molecule has 7 nitrogen and oxygen atoms in total. The maximum absolute atomic E-state index is 7.46. The smallest absolute Gasteiger partial charge is 0.165 e. The molecule has 0 radical (unpaired) electrons. The quantitative estimate of drug-likeness (QED) is 0.477. The van der Waals surface area contributed by atoms with Gasteiger partial charge in [-0.2, -0.15) is 0 Å². The number of nitrogens with one attached hydrogen (secondary N) is 1. The lowest BCUT2D eigenvalue weighted by molar-refractivity contribution is 0.813. The van der Waals surface area contributed by atoms with Crippen LogP contribution in [0.2, 0.25) is 0 Å². The number of anilines is 1. The van der Waals surface area contributed by atoms with E-state index in [1.807, 2.05) is 22.8 Å². The number of hydrogen-bond acceptors (Lipinski definition) is 5. The fourth-order valence-corrected chi connectivity index (χ4v) is 2.05. The summed E-state index contributed by atoms with van der Waals surface area (Å²) in [5.74, 6) is 0.417. The summed E-state index contributed by atoms with van der Waals surface area (Å²) in [7, 11) is 0. The van der Waals surface area contributed by atoms with E-state index in [1.54, 1.807) is 12.4 Å². The van der Waals surface area contributed by atoms with Gasteiger partial charge in [0.2, 0.25) is 0 Å². The van der Waals surface area contributed by atoms with Crippen LogP contribution in [-0.2, 0) is 6.54 Å². The van der Waals surface area contributed by atoms with Crippen LogP contribution in [0, 0.1) is 5.41 Å². The zero-order valence-electron chi connectivity index (χ0n) is 10.6. The minimum absolute atomic E-state index is 0.0499. The third kappa shape index (κ3) is 2.05. The third-order valence-electron chi connectivity index (χ3n) is 3.02. The van der Waals surface area contributed by atoms with Crippen molar-refractivity contribution in [2.45, 2.75) is 6.54 Å². The van der Waals surface area contributed by atoms with Crippen LogP contribution >= 0.6 is 0 Å². The average molecular weight is 267 g/mol. The zero-order valence-corrected chi connectivity index (χ0v) is 10.6. The van der Waals surface area contributed by atoms with E-state index in [0.717, 1.165) is 5.56 Å². The molecule has 3 rings (SSSR count). The molecule has 0 unspecified atom stereocenters. The Morgan fingerprint density at radius 3 is 2.90 bits per heavy atom. The highest BCUT2D eigenvalue weighted by Gasteiger charge is 2.08. The molecule has 0 amide bonds. The first-order valence-electron chi connectivity index (χ1n) is 6.00. The van der Waals surface area contributed by atoms with Gasteiger partial charge in [-0.15, -0.1) is 0 Å². The normalized spacial score (nSPS) is 10.8. The Balaban J connectivity index is 1.99. The molecular formula is C13H13N7. The number of hydrogen-bond donors (Lipinski definition) is 3. The highest BCUT2D eigenvalue weighted by Crippen LogP contribution is 2.16. The van der Waals surface area contributed by atoms with Crippen molar-refractivity contribution in [3.63, 3.8) is 0 Å². The maximum Gasteiger partial charge on any atom is 0.165 e. The molecular weight excluding hydrogens is 254 g/mol. The summed E-state index contributed by atoms with van der Waals surface area (Å²) >= 11 is 0. The van der Waals surface area contributed by atoms with Gasteiger partial charge in [-0.1, -0.05) is 18.2 Å². The largest absolute Gasteiger partial charge is 0.384 e. The van der Waals surface area contributed by atoms with E-state index in [2.05, 4.69) is 15.0 Å². The minimum Gasteiger partial charge on any atom is -0.384 e. The number of benzene rings is 1. The van der Waals surface area contributed by atoms with Crippen LogP contribution in [0.1, 0.15) is 11.1 Å². The molecule has 0 aliphatic rings. The summed E-state index contributed by atoms with van der Waals surface area (Å²) in [5.41, 5.74) is 14.2. The predicted molar refractivity (Wildman–Crippen MR) is 76.3 cm³/mol. The van der Waals surface area contributed by atoms with E-state index in [-0.39, 0.29) is 5.84 Å². The molecule has 1 aromatic carbocycles. The van der Waals surface area contributed by atoms with Crippen molar-refractivity contribution in [2.75, 3.05) is 5.73 Å². The number of rotatable bonds is 3. The average Bonchev–Trinajstić information content (AvgIpc) is 2.84. The van der Waals surface area contributed by atoms with Crippen LogP contribution in [0.4, 0.5) is 5.82 Å². The molecule has 100 valence electrons. The second kappa shape index (κ2) is 4.61. The third-order valence-corrected chi connectivity index (χ3v) is 3.02. The van der Waals surface area contributed by atoms with Crippen LogP contribution < -0.4 is 11.5 Å². The molecule has 3 aromatic rings. The molecule has 20 heavy (non-hydrogen) atoms. The number of fused-ring (bicyclic) bond motifs is 1. The summed E-state index contributed by atoms with van der Waals surface area (Å²) in [6, 6.07) is 7.51. The van der Waals surface area contributed by atoms with E-state index >= 15 is 0 Å². The molecule has 0 fully saturated rings. The molecule has 5 N–H and O–H groups in total. The zero-order chi connectivity index (χ0) is 14.1. The first-order valence-corrected chi connectivity index (χ1v) is 6.00. The van der Waals surface area contributed by atoms with Crippen LogP contribution in [0.25, 0.3) is 11.2 Å². The van der Waals surface area contributed by atoms with Crippen LogP contribution in [0.15, 0.2) is 36.9 Å². The summed E-state index contributed by atoms with van der Waals surface area (Å²) in [6.45, 7) is 0.577. The van der Waals surface area contributed by atoms with Gasteiger partial charge in [-0.25, -0.2) is 15.0 Å². The van der Waals surface area contributed by atoms with Crippen LogP contribution in [0.3, 0.4) is 0 Å². The highest BCUT2D eigenvalue weighted by atomic mass is 15.1. The molecule has 2 heterocycles. The molecule has 0 aliphatic carbocycles. The molecule has 0 bridgehead atoms. The van der Waals surface area contributed by atoms with Gasteiger partial charge in [-0.3, -0.25) is 5.41 Å². The number of nitrogens with zero attached hydrogens (tertiary/aromatic N) is 4. The second-order valence-corrected chi connectivity index (χ2v) is 4.42. The number of amidine groups is 1. The lowest BCUT2D eigenvalue weighted by atomic mass is 10.1. The van der Waals surface area contributed by atoms with E-state index in [4.69, 9.17) is 16.9 Å². The van der Waals surface area contributed by atoms with Crippen LogP contribution in [-0.4, -0.2) is 25.4 Å². The lowest BCUT2D eigenvalue weighted by Gasteiger charge is -2.06. The molecule has 2 aromatic heterocycles. The number of aromatic nitrogens is 4. The first-order chi connectivity index (χ1) is 9.65. The van der Waals surface area contributed by atoms with Gasteiger partial charge in [0.15, 0.2) is 11.5 Å². The first kappa shape index (κ1) is 12.1. The topological polar surface area (TPSA) is 119 Å². The number of nitrogens with two attached hydrogens (primary N) is 2. The van der Waals surface area contributed by atoms with Gasteiger partial charge < -0.3 is 16.0 Å². The SMILES string of the molecule is N=C(N)c1cccc(Cn2cnc3c(N)ncnc32)c1. The molecule has 0 spiro atoms.